The van der Waals surface area contributed by atoms with Gasteiger partial charge in [0.05, 0.1) is 0 Å². The van der Waals surface area contributed by atoms with E-state index in [9.17, 15) is 0 Å². The van der Waals surface area contributed by atoms with Crippen molar-refractivity contribution in [2.24, 2.45) is 0 Å². The van der Waals surface area contributed by atoms with Crippen molar-refractivity contribution < 1.29 is 0 Å². The molecule has 0 saturated heterocycles. The molecule has 2 heterocycles. The minimum Gasteiger partial charge on any atom is -0.383 e. The molecule has 0 amide bonds. The summed E-state index contributed by atoms with van der Waals surface area (Å²) in [7, 11) is 0. The Labute approximate surface area is 129 Å². The Kier molecular flexibility index (Phi) is 3.25. The number of fused-ring (bicyclic) bond motifs is 1. The summed E-state index contributed by atoms with van der Waals surface area (Å²) < 4.78 is 1.57. The lowest BCUT2D eigenvalue weighted by Crippen LogP contribution is -2.05. The van der Waals surface area contributed by atoms with Crippen molar-refractivity contribution in [1.82, 2.24) is 19.6 Å². The molecule has 0 spiro atoms. The first-order chi connectivity index (χ1) is 10.8. The summed E-state index contributed by atoms with van der Waals surface area (Å²) >= 11 is 0. The monoisotopic (exact) mass is 292 g/mol. The van der Waals surface area contributed by atoms with Crippen LogP contribution in [0.5, 0.6) is 0 Å². The number of hydrogen-bond donors (Lipinski definition) is 1. The Morgan fingerprint density at radius 1 is 1.05 bits per heavy atom. The van der Waals surface area contributed by atoms with Crippen LogP contribution < -0.4 is 5.73 Å². The summed E-state index contributed by atoms with van der Waals surface area (Å²) in [6.07, 6.45) is 10.6. The zero-order valence-electron chi connectivity index (χ0n) is 12.3. The minimum atomic E-state index is 0.524. The minimum absolute atomic E-state index is 0.524. The van der Waals surface area contributed by atoms with Crippen molar-refractivity contribution >= 4 is 11.6 Å². The molecule has 1 fully saturated rings. The highest BCUT2D eigenvalue weighted by Crippen LogP contribution is 2.33. The van der Waals surface area contributed by atoms with E-state index in [-0.39, 0.29) is 0 Å². The van der Waals surface area contributed by atoms with Crippen LogP contribution in [-0.2, 0) is 0 Å². The molecule has 22 heavy (non-hydrogen) atoms. The Balaban J connectivity index is 1.68. The van der Waals surface area contributed by atoms with Crippen LogP contribution in [0.25, 0.3) is 16.9 Å². The van der Waals surface area contributed by atoms with Crippen molar-refractivity contribution in [2.45, 2.75) is 31.6 Å². The number of aromatic nitrogens is 4. The highest BCUT2D eigenvalue weighted by molar-refractivity contribution is 5.74. The zero-order valence-corrected chi connectivity index (χ0v) is 12.3. The van der Waals surface area contributed by atoms with E-state index >= 15 is 0 Å². The number of anilines is 1. The molecule has 5 heteroatoms. The number of hydrogen-bond acceptors (Lipinski definition) is 4. The number of rotatable bonds is 2. The highest BCUT2D eigenvalue weighted by atomic mass is 15.3. The third-order valence-corrected chi connectivity index (χ3v) is 4.47. The largest absolute Gasteiger partial charge is 0.383 e. The molecule has 1 radical (unpaired) electrons. The molecule has 4 rings (SSSR count). The van der Waals surface area contributed by atoms with Crippen molar-refractivity contribution in [3.63, 3.8) is 0 Å². The molecule has 1 aromatic carbocycles. The molecule has 1 aliphatic carbocycles. The van der Waals surface area contributed by atoms with Gasteiger partial charge in [-0.3, -0.25) is 0 Å². The summed E-state index contributed by atoms with van der Waals surface area (Å²) in [4.78, 5) is 8.34. The Hall–Kier alpha value is -2.43. The summed E-state index contributed by atoms with van der Waals surface area (Å²) in [5.41, 5.74) is 9.57. The van der Waals surface area contributed by atoms with E-state index in [0.29, 0.717) is 17.5 Å². The van der Waals surface area contributed by atoms with Gasteiger partial charge in [0.1, 0.15) is 12.1 Å². The summed E-state index contributed by atoms with van der Waals surface area (Å²) in [6.45, 7) is 0. The zero-order chi connectivity index (χ0) is 14.9. The van der Waals surface area contributed by atoms with Crippen molar-refractivity contribution in [3.8, 4) is 11.1 Å². The highest BCUT2D eigenvalue weighted by Gasteiger charge is 2.16. The van der Waals surface area contributed by atoms with Gasteiger partial charge in [-0.15, -0.1) is 0 Å². The van der Waals surface area contributed by atoms with E-state index < -0.39 is 0 Å². The second-order valence-corrected chi connectivity index (χ2v) is 5.79. The standard InChI is InChI=1S/C17H18N5/c18-16-15(10-19-17-20-11-21-22(16)17)14-8-6-13(7-9-14)12-4-2-1-3-5-12/h1,6-12H,2-5,18H2. The maximum atomic E-state index is 6.19. The molecular formula is C17H18N5. The molecule has 1 saturated carbocycles. The molecule has 2 N–H and O–H groups in total. The Bertz CT molecular complexity index is 784. The predicted molar refractivity (Wildman–Crippen MR) is 86.1 cm³/mol. The molecule has 0 unspecified atom stereocenters. The molecule has 1 aliphatic rings. The van der Waals surface area contributed by atoms with Gasteiger partial charge in [0.15, 0.2) is 0 Å². The van der Waals surface area contributed by atoms with E-state index in [4.69, 9.17) is 5.73 Å². The molecule has 0 bridgehead atoms. The summed E-state index contributed by atoms with van der Waals surface area (Å²) in [5, 5.41) is 4.11. The van der Waals surface area contributed by atoms with Crippen LogP contribution in [0.1, 0.15) is 37.2 Å². The molecule has 0 aliphatic heterocycles. The van der Waals surface area contributed by atoms with Crippen LogP contribution in [0.15, 0.2) is 36.8 Å². The van der Waals surface area contributed by atoms with E-state index in [1.54, 1.807) is 10.7 Å². The fourth-order valence-corrected chi connectivity index (χ4v) is 3.21. The van der Waals surface area contributed by atoms with E-state index in [1.165, 1.54) is 37.6 Å². The first-order valence-electron chi connectivity index (χ1n) is 7.69. The van der Waals surface area contributed by atoms with Gasteiger partial charge in [0.2, 0.25) is 0 Å². The van der Waals surface area contributed by atoms with Crippen LogP contribution >= 0.6 is 0 Å². The lowest BCUT2D eigenvalue weighted by Gasteiger charge is -2.22. The fourth-order valence-electron chi connectivity index (χ4n) is 3.21. The first kappa shape index (κ1) is 13.2. The Morgan fingerprint density at radius 2 is 1.82 bits per heavy atom. The number of nitrogens with two attached hydrogens (primary N) is 1. The SMILES string of the molecule is Nc1c(-c2ccc(C3CC[CH]CC3)cc2)cnc2ncnn12. The lowest BCUT2D eigenvalue weighted by molar-refractivity contribution is 0.512. The Morgan fingerprint density at radius 3 is 2.59 bits per heavy atom. The molecule has 2 aromatic heterocycles. The van der Waals surface area contributed by atoms with Gasteiger partial charge in [-0.1, -0.05) is 24.3 Å². The van der Waals surface area contributed by atoms with Gasteiger partial charge in [0.25, 0.3) is 5.78 Å². The quantitative estimate of drug-likeness (QED) is 0.787. The van der Waals surface area contributed by atoms with E-state index in [1.807, 2.05) is 0 Å². The maximum absolute atomic E-state index is 6.19. The third kappa shape index (κ3) is 2.22. The number of benzene rings is 1. The average molecular weight is 292 g/mol. The summed E-state index contributed by atoms with van der Waals surface area (Å²) in [6, 6.07) is 8.69. The first-order valence-corrected chi connectivity index (χ1v) is 7.69. The van der Waals surface area contributed by atoms with Gasteiger partial charge < -0.3 is 5.73 Å². The van der Waals surface area contributed by atoms with Gasteiger partial charge >= 0.3 is 0 Å². The summed E-state index contributed by atoms with van der Waals surface area (Å²) in [5.74, 6) is 1.78. The van der Waals surface area contributed by atoms with E-state index in [0.717, 1.165) is 11.1 Å². The molecule has 111 valence electrons. The topological polar surface area (TPSA) is 69.1 Å². The second-order valence-electron chi connectivity index (χ2n) is 5.79. The molecule has 5 nitrogen and oxygen atoms in total. The van der Waals surface area contributed by atoms with Crippen LogP contribution in [0.4, 0.5) is 5.82 Å². The third-order valence-electron chi connectivity index (χ3n) is 4.47. The maximum Gasteiger partial charge on any atom is 0.254 e. The average Bonchev–Trinajstić information content (AvgIpc) is 3.06. The van der Waals surface area contributed by atoms with Crippen molar-refractivity contribution in [1.29, 1.82) is 0 Å². The van der Waals surface area contributed by atoms with Crippen LogP contribution in [0, 0.1) is 6.42 Å². The molecule has 0 atom stereocenters. The van der Waals surface area contributed by atoms with Crippen LogP contribution in [0.3, 0.4) is 0 Å². The normalized spacial score (nSPS) is 16.2. The van der Waals surface area contributed by atoms with E-state index in [2.05, 4.69) is 45.8 Å². The lowest BCUT2D eigenvalue weighted by atomic mass is 9.84. The molecule has 3 aromatic rings. The van der Waals surface area contributed by atoms with Gasteiger partial charge in [-0.05, 0) is 49.1 Å². The predicted octanol–water partition coefficient (Wildman–Crippen LogP) is 3.24. The van der Waals surface area contributed by atoms with Crippen molar-refractivity contribution in [3.05, 3.63) is 48.8 Å². The second kappa shape index (κ2) is 5.40. The fraction of sp³-hybridized carbons (Fsp3) is 0.294. The van der Waals surface area contributed by atoms with Crippen LogP contribution in [0.2, 0.25) is 0 Å². The van der Waals surface area contributed by atoms with Gasteiger partial charge in [-0.2, -0.15) is 14.6 Å². The smallest absolute Gasteiger partial charge is 0.254 e. The number of nitrogens with zero attached hydrogens (tertiary/aromatic N) is 4. The van der Waals surface area contributed by atoms with Crippen LogP contribution in [-0.4, -0.2) is 19.6 Å². The number of nitrogen functional groups attached to an aromatic ring is 1. The van der Waals surface area contributed by atoms with Gasteiger partial charge in [0, 0.05) is 11.8 Å². The molecular weight excluding hydrogens is 274 g/mol. The van der Waals surface area contributed by atoms with Crippen molar-refractivity contribution in [2.75, 3.05) is 5.73 Å². The van der Waals surface area contributed by atoms with Gasteiger partial charge in [-0.25, -0.2) is 4.98 Å².